The molecule has 0 atom stereocenters. The van der Waals surface area contributed by atoms with Crippen LogP contribution in [0.1, 0.15) is 5.56 Å². The fraction of sp³-hybridized carbons (Fsp3) is 0.278. The number of nitrogens with zero attached hydrogens (tertiary/aromatic N) is 1. The van der Waals surface area contributed by atoms with E-state index >= 15 is 0 Å². The number of hydrogen-bond donors (Lipinski definition) is 2. The smallest absolute Gasteiger partial charge is 0.319 e. The lowest BCUT2D eigenvalue weighted by molar-refractivity contribution is 0.251. The van der Waals surface area contributed by atoms with Gasteiger partial charge in [-0.3, -0.25) is 0 Å². The molecule has 0 aliphatic heterocycles. The molecular weight excluding hydrogens is 328 g/mol. The summed E-state index contributed by atoms with van der Waals surface area (Å²) in [4.78, 5) is 13.9. The van der Waals surface area contributed by atoms with E-state index in [0.29, 0.717) is 6.61 Å². The van der Waals surface area contributed by atoms with Crippen LogP contribution in [-0.4, -0.2) is 38.2 Å². The van der Waals surface area contributed by atoms with Crippen LogP contribution in [0.25, 0.3) is 0 Å². The fourth-order valence-electron chi connectivity index (χ4n) is 2.02. The van der Waals surface area contributed by atoms with Crippen molar-refractivity contribution in [2.24, 2.45) is 0 Å². The molecule has 0 bridgehead atoms. The minimum atomic E-state index is -1.01. The molecular formula is C18H21F2N3O2. The van der Waals surface area contributed by atoms with Crippen molar-refractivity contribution in [1.29, 1.82) is 0 Å². The van der Waals surface area contributed by atoms with Crippen molar-refractivity contribution < 1.29 is 18.3 Å². The molecule has 0 heterocycles. The number of hydrogen-bond acceptors (Lipinski definition) is 3. The Bertz CT molecular complexity index is 723. The van der Waals surface area contributed by atoms with E-state index in [0.717, 1.165) is 30.0 Å². The first-order valence-electron chi connectivity index (χ1n) is 7.80. The van der Waals surface area contributed by atoms with Gasteiger partial charge >= 0.3 is 6.03 Å². The maximum Gasteiger partial charge on any atom is 0.319 e. The van der Waals surface area contributed by atoms with Gasteiger partial charge in [0.1, 0.15) is 12.4 Å². The van der Waals surface area contributed by atoms with E-state index in [9.17, 15) is 13.6 Å². The van der Waals surface area contributed by atoms with Crippen LogP contribution in [0, 0.1) is 11.6 Å². The summed E-state index contributed by atoms with van der Waals surface area (Å²) in [6, 6.07) is 10.1. The first-order chi connectivity index (χ1) is 11.9. The SMILES string of the molecule is CN(C)CCOc1cccc(CNC(=O)Nc2ccc(F)c(F)c2)c1. The highest BCUT2D eigenvalue weighted by Gasteiger charge is 2.06. The molecule has 134 valence electrons. The van der Waals surface area contributed by atoms with Gasteiger partial charge in [0.05, 0.1) is 0 Å². The third-order valence-electron chi connectivity index (χ3n) is 3.34. The number of halogens is 2. The lowest BCUT2D eigenvalue weighted by Crippen LogP contribution is -2.28. The van der Waals surface area contributed by atoms with Crippen molar-refractivity contribution in [1.82, 2.24) is 10.2 Å². The van der Waals surface area contributed by atoms with Gasteiger partial charge in [-0.2, -0.15) is 0 Å². The molecule has 0 aliphatic rings. The van der Waals surface area contributed by atoms with Crippen molar-refractivity contribution >= 4 is 11.7 Å². The van der Waals surface area contributed by atoms with Crippen LogP contribution in [0.3, 0.4) is 0 Å². The summed E-state index contributed by atoms with van der Waals surface area (Å²) in [5.74, 6) is -1.25. The lowest BCUT2D eigenvalue weighted by Gasteiger charge is -2.12. The van der Waals surface area contributed by atoms with Crippen LogP contribution < -0.4 is 15.4 Å². The molecule has 5 nitrogen and oxygen atoms in total. The number of urea groups is 1. The van der Waals surface area contributed by atoms with E-state index in [4.69, 9.17) is 4.74 Å². The Morgan fingerprint density at radius 1 is 1.12 bits per heavy atom. The molecule has 2 N–H and O–H groups in total. The summed E-state index contributed by atoms with van der Waals surface area (Å²) in [5.41, 5.74) is 1.04. The molecule has 2 aromatic carbocycles. The van der Waals surface area contributed by atoms with Crippen molar-refractivity contribution in [2.75, 3.05) is 32.6 Å². The predicted molar refractivity (Wildman–Crippen MR) is 92.7 cm³/mol. The Labute approximate surface area is 145 Å². The molecule has 2 aromatic rings. The Hall–Kier alpha value is -2.67. The van der Waals surface area contributed by atoms with E-state index in [1.54, 1.807) is 0 Å². The molecule has 25 heavy (non-hydrogen) atoms. The number of amides is 2. The van der Waals surface area contributed by atoms with E-state index in [-0.39, 0.29) is 12.2 Å². The molecule has 0 aromatic heterocycles. The number of anilines is 1. The van der Waals surface area contributed by atoms with Crippen LogP contribution in [0.5, 0.6) is 5.75 Å². The third kappa shape index (κ3) is 6.39. The zero-order valence-electron chi connectivity index (χ0n) is 14.2. The highest BCUT2D eigenvalue weighted by Crippen LogP contribution is 2.14. The molecule has 0 saturated carbocycles. The van der Waals surface area contributed by atoms with E-state index in [2.05, 4.69) is 10.6 Å². The van der Waals surface area contributed by atoms with Gasteiger partial charge in [0.25, 0.3) is 0 Å². The highest BCUT2D eigenvalue weighted by atomic mass is 19.2. The fourth-order valence-corrected chi connectivity index (χ4v) is 2.02. The number of benzene rings is 2. The maximum atomic E-state index is 13.1. The van der Waals surface area contributed by atoms with Crippen molar-refractivity contribution in [3.8, 4) is 5.75 Å². The van der Waals surface area contributed by atoms with Crippen LogP contribution in [0.15, 0.2) is 42.5 Å². The molecule has 0 radical (unpaired) electrons. The zero-order chi connectivity index (χ0) is 18.2. The van der Waals surface area contributed by atoms with Crippen LogP contribution in [0.4, 0.5) is 19.3 Å². The second-order valence-electron chi connectivity index (χ2n) is 5.74. The Balaban J connectivity index is 1.83. The summed E-state index contributed by atoms with van der Waals surface area (Å²) in [7, 11) is 3.94. The normalized spacial score (nSPS) is 10.6. The molecule has 0 saturated heterocycles. The Morgan fingerprint density at radius 2 is 1.92 bits per heavy atom. The molecule has 0 spiro atoms. The van der Waals surface area contributed by atoms with Gasteiger partial charge in [-0.05, 0) is 43.9 Å². The maximum absolute atomic E-state index is 13.1. The topological polar surface area (TPSA) is 53.6 Å². The van der Waals surface area contributed by atoms with Crippen LogP contribution >= 0.6 is 0 Å². The number of carbonyl (C=O) groups is 1. The van der Waals surface area contributed by atoms with Crippen molar-refractivity contribution in [3.63, 3.8) is 0 Å². The van der Waals surface area contributed by atoms with Gasteiger partial charge in [0, 0.05) is 24.8 Å². The third-order valence-corrected chi connectivity index (χ3v) is 3.34. The number of rotatable bonds is 7. The summed E-state index contributed by atoms with van der Waals surface area (Å²) >= 11 is 0. The van der Waals surface area contributed by atoms with E-state index in [1.165, 1.54) is 6.07 Å². The number of likely N-dealkylation sites (N-methyl/N-ethyl adjacent to an activating group) is 1. The minimum Gasteiger partial charge on any atom is -0.492 e. The largest absolute Gasteiger partial charge is 0.492 e. The summed E-state index contributed by atoms with van der Waals surface area (Å²) in [6.45, 7) is 1.65. The average molecular weight is 349 g/mol. The lowest BCUT2D eigenvalue weighted by atomic mass is 10.2. The average Bonchev–Trinajstić information content (AvgIpc) is 2.56. The molecule has 2 rings (SSSR count). The number of carbonyl (C=O) groups excluding carboxylic acids is 1. The molecule has 2 amide bonds. The van der Waals surface area contributed by atoms with Crippen LogP contribution in [0.2, 0.25) is 0 Å². The van der Waals surface area contributed by atoms with Gasteiger partial charge in [-0.25, -0.2) is 13.6 Å². The number of ether oxygens (including phenoxy) is 1. The zero-order valence-corrected chi connectivity index (χ0v) is 14.2. The van der Waals surface area contributed by atoms with Crippen LogP contribution in [-0.2, 0) is 6.54 Å². The summed E-state index contributed by atoms with van der Waals surface area (Å²) < 4.78 is 31.6. The predicted octanol–water partition coefficient (Wildman–Crippen LogP) is 3.23. The van der Waals surface area contributed by atoms with Gasteiger partial charge < -0.3 is 20.3 Å². The molecule has 0 fully saturated rings. The highest BCUT2D eigenvalue weighted by molar-refractivity contribution is 5.89. The van der Waals surface area contributed by atoms with E-state index < -0.39 is 17.7 Å². The Kier molecular flexibility index (Phi) is 6.71. The van der Waals surface area contributed by atoms with Gasteiger partial charge in [0.2, 0.25) is 0 Å². The monoisotopic (exact) mass is 349 g/mol. The van der Waals surface area contributed by atoms with Gasteiger partial charge in [-0.15, -0.1) is 0 Å². The van der Waals surface area contributed by atoms with Crippen molar-refractivity contribution in [2.45, 2.75) is 6.54 Å². The standard InChI is InChI=1S/C18H21F2N3O2/c1-23(2)8-9-25-15-5-3-4-13(10-15)12-21-18(24)22-14-6-7-16(19)17(20)11-14/h3-7,10-11H,8-9,12H2,1-2H3,(H2,21,22,24). The Morgan fingerprint density at radius 3 is 2.64 bits per heavy atom. The minimum absolute atomic E-state index is 0.178. The number of nitrogens with one attached hydrogen (secondary N) is 2. The molecule has 0 unspecified atom stereocenters. The molecule has 7 heteroatoms. The summed E-state index contributed by atoms with van der Waals surface area (Å²) in [6.07, 6.45) is 0. The molecule has 0 aliphatic carbocycles. The first-order valence-corrected chi connectivity index (χ1v) is 7.80. The van der Waals surface area contributed by atoms with Gasteiger partial charge in [-0.1, -0.05) is 12.1 Å². The first kappa shape index (κ1) is 18.7. The van der Waals surface area contributed by atoms with Gasteiger partial charge in [0.15, 0.2) is 11.6 Å². The second kappa shape index (κ2) is 8.98. The van der Waals surface area contributed by atoms with Crippen molar-refractivity contribution in [3.05, 3.63) is 59.7 Å². The van der Waals surface area contributed by atoms with E-state index in [1.807, 2.05) is 43.3 Å². The summed E-state index contributed by atoms with van der Waals surface area (Å²) in [5, 5.41) is 5.10. The second-order valence-corrected chi connectivity index (χ2v) is 5.74. The quantitative estimate of drug-likeness (QED) is 0.807.